The Morgan fingerprint density at radius 3 is 2.38 bits per heavy atom. The predicted octanol–water partition coefficient (Wildman–Crippen LogP) is 2.82. The minimum atomic E-state index is 0.0548. The van der Waals surface area contributed by atoms with Crippen molar-refractivity contribution in [2.75, 3.05) is 13.2 Å². The molecule has 0 unspecified atom stereocenters. The summed E-state index contributed by atoms with van der Waals surface area (Å²) < 4.78 is 5.79. The van der Waals surface area contributed by atoms with E-state index in [4.69, 9.17) is 4.74 Å². The Hall–Kier alpha value is -1.84. The Balaban J connectivity index is 1.68. The number of carbonyl (C=O) groups excluding carboxylic acids is 2. The highest BCUT2D eigenvalue weighted by Gasteiger charge is 2.21. The molecule has 1 saturated carbocycles. The fourth-order valence-electron chi connectivity index (χ4n) is 2.75. The molecule has 0 atom stereocenters. The van der Waals surface area contributed by atoms with E-state index in [0.29, 0.717) is 17.4 Å². The fourth-order valence-corrected chi connectivity index (χ4v) is 2.75. The third kappa shape index (κ3) is 5.21. The first-order valence-corrected chi connectivity index (χ1v) is 7.60. The molecule has 1 amide bonds. The molecule has 0 bridgehead atoms. The second-order valence-electron chi connectivity index (χ2n) is 5.82. The molecule has 2 rings (SSSR count). The second-order valence-corrected chi connectivity index (χ2v) is 5.82. The van der Waals surface area contributed by atoms with Gasteiger partial charge in [0, 0.05) is 19.0 Å². The second kappa shape index (κ2) is 7.81. The van der Waals surface area contributed by atoms with Crippen molar-refractivity contribution in [3.05, 3.63) is 29.8 Å². The molecule has 1 aromatic rings. The molecule has 1 aliphatic rings. The van der Waals surface area contributed by atoms with Gasteiger partial charge in [-0.05, 0) is 61.8 Å². The largest absolute Gasteiger partial charge is 0.493 e. The number of amides is 1. The average molecular weight is 289 g/mol. The van der Waals surface area contributed by atoms with Crippen LogP contribution in [0.4, 0.5) is 0 Å². The summed E-state index contributed by atoms with van der Waals surface area (Å²) in [7, 11) is 0. The van der Waals surface area contributed by atoms with Gasteiger partial charge in [-0.1, -0.05) is 0 Å². The van der Waals surface area contributed by atoms with Crippen molar-refractivity contribution in [1.29, 1.82) is 0 Å². The summed E-state index contributed by atoms with van der Waals surface area (Å²) in [5, 5.41) is 2.90. The first kappa shape index (κ1) is 15.5. The Kier molecular flexibility index (Phi) is 5.78. The molecule has 114 valence electrons. The standard InChI is InChI=1S/C17H23NO3/c1-13(20)18-10-14-2-4-16(5-3-14)12-21-17-8-6-15(11-19)7-9-17/h6-9,11,14,16H,2-5,10,12H2,1H3,(H,18,20). The summed E-state index contributed by atoms with van der Waals surface area (Å²) in [6, 6.07) is 7.22. The quantitative estimate of drug-likeness (QED) is 0.819. The van der Waals surface area contributed by atoms with Crippen LogP contribution < -0.4 is 10.1 Å². The van der Waals surface area contributed by atoms with Crippen molar-refractivity contribution < 1.29 is 14.3 Å². The molecule has 0 aromatic heterocycles. The molecule has 1 aliphatic carbocycles. The van der Waals surface area contributed by atoms with Crippen LogP contribution >= 0.6 is 0 Å². The third-order valence-electron chi connectivity index (χ3n) is 4.11. The van der Waals surface area contributed by atoms with E-state index in [2.05, 4.69) is 5.32 Å². The number of nitrogens with one attached hydrogen (secondary N) is 1. The summed E-state index contributed by atoms with van der Waals surface area (Å²) in [6.45, 7) is 3.10. The molecular weight excluding hydrogens is 266 g/mol. The molecule has 1 N–H and O–H groups in total. The Bertz CT molecular complexity index is 461. The lowest BCUT2D eigenvalue weighted by molar-refractivity contribution is -0.119. The zero-order chi connectivity index (χ0) is 15.1. The normalized spacial score (nSPS) is 21.6. The lowest BCUT2D eigenvalue weighted by Crippen LogP contribution is -2.30. The first-order chi connectivity index (χ1) is 10.2. The van der Waals surface area contributed by atoms with Crippen molar-refractivity contribution >= 4 is 12.2 Å². The summed E-state index contributed by atoms with van der Waals surface area (Å²) in [5.74, 6) is 2.07. The van der Waals surface area contributed by atoms with Crippen LogP contribution in [0.15, 0.2) is 24.3 Å². The molecule has 4 heteroatoms. The zero-order valence-electron chi connectivity index (χ0n) is 12.5. The van der Waals surface area contributed by atoms with Crippen LogP contribution in [-0.4, -0.2) is 25.3 Å². The summed E-state index contributed by atoms with van der Waals surface area (Å²) in [6.07, 6.45) is 5.43. The van der Waals surface area contributed by atoms with Gasteiger partial charge >= 0.3 is 0 Å². The van der Waals surface area contributed by atoms with E-state index in [9.17, 15) is 9.59 Å². The van der Waals surface area contributed by atoms with Crippen LogP contribution in [-0.2, 0) is 4.79 Å². The number of hydrogen-bond donors (Lipinski definition) is 1. The van der Waals surface area contributed by atoms with Gasteiger partial charge in [0.15, 0.2) is 0 Å². The van der Waals surface area contributed by atoms with E-state index in [1.54, 1.807) is 19.1 Å². The Labute approximate surface area is 125 Å². The van der Waals surface area contributed by atoms with Crippen LogP contribution in [0.25, 0.3) is 0 Å². The maximum Gasteiger partial charge on any atom is 0.216 e. The number of ether oxygens (including phenoxy) is 1. The van der Waals surface area contributed by atoms with Gasteiger partial charge in [0.05, 0.1) is 6.61 Å². The smallest absolute Gasteiger partial charge is 0.216 e. The number of benzene rings is 1. The maximum absolute atomic E-state index is 10.9. The number of rotatable bonds is 6. The van der Waals surface area contributed by atoms with E-state index >= 15 is 0 Å². The third-order valence-corrected chi connectivity index (χ3v) is 4.11. The number of aldehydes is 1. The molecule has 4 nitrogen and oxygen atoms in total. The van der Waals surface area contributed by atoms with Gasteiger partial charge in [0.25, 0.3) is 0 Å². The van der Waals surface area contributed by atoms with E-state index in [1.807, 2.05) is 12.1 Å². The van der Waals surface area contributed by atoms with Crippen LogP contribution in [0, 0.1) is 11.8 Å². The van der Waals surface area contributed by atoms with Crippen molar-refractivity contribution in [3.63, 3.8) is 0 Å². The van der Waals surface area contributed by atoms with Gasteiger partial charge in [0.2, 0.25) is 5.91 Å². The fraction of sp³-hybridized carbons (Fsp3) is 0.529. The van der Waals surface area contributed by atoms with Gasteiger partial charge in [-0.3, -0.25) is 9.59 Å². The summed E-state index contributed by atoms with van der Waals surface area (Å²) >= 11 is 0. The van der Waals surface area contributed by atoms with E-state index < -0.39 is 0 Å². The molecular formula is C17H23NO3. The zero-order valence-corrected chi connectivity index (χ0v) is 12.5. The molecule has 0 aliphatic heterocycles. The van der Waals surface area contributed by atoms with Gasteiger partial charge < -0.3 is 10.1 Å². The van der Waals surface area contributed by atoms with Crippen molar-refractivity contribution in [2.24, 2.45) is 11.8 Å². The highest BCUT2D eigenvalue weighted by Crippen LogP contribution is 2.29. The molecule has 0 heterocycles. The topological polar surface area (TPSA) is 55.4 Å². The van der Waals surface area contributed by atoms with E-state index in [0.717, 1.165) is 50.9 Å². The highest BCUT2D eigenvalue weighted by molar-refractivity contribution is 5.74. The van der Waals surface area contributed by atoms with Crippen molar-refractivity contribution in [3.8, 4) is 5.75 Å². The lowest BCUT2D eigenvalue weighted by Gasteiger charge is -2.28. The molecule has 1 fully saturated rings. The molecule has 0 spiro atoms. The maximum atomic E-state index is 10.9. The molecule has 1 aromatic carbocycles. The molecule has 21 heavy (non-hydrogen) atoms. The molecule has 0 saturated heterocycles. The Morgan fingerprint density at radius 2 is 1.81 bits per heavy atom. The predicted molar refractivity (Wildman–Crippen MR) is 81.5 cm³/mol. The monoisotopic (exact) mass is 289 g/mol. The van der Waals surface area contributed by atoms with Gasteiger partial charge in [0.1, 0.15) is 12.0 Å². The Morgan fingerprint density at radius 1 is 1.19 bits per heavy atom. The van der Waals surface area contributed by atoms with Crippen LogP contribution in [0.5, 0.6) is 5.75 Å². The van der Waals surface area contributed by atoms with Gasteiger partial charge in [-0.2, -0.15) is 0 Å². The first-order valence-electron chi connectivity index (χ1n) is 7.60. The van der Waals surface area contributed by atoms with Crippen LogP contribution in [0.2, 0.25) is 0 Å². The highest BCUT2D eigenvalue weighted by atomic mass is 16.5. The number of carbonyl (C=O) groups is 2. The summed E-state index contributed by atoms with van der Waals surface area (Å²) in [5.41, 5.74) is 0.667. The van der Waals surface area contributed by atoms with Gasteiger partial charge in [-0.25, -0.2) is 0 Å². The minimum absolute atomic E-state index is 0.0548. The molecule has 0 radical (unpaired) electrons. The lowest BCUT2D eigenvalue weighted by atomic mass is 9.82. The van der Waals surface area contributed by atoms with Crippen molar-refractivity contribution in [1.82, 2.24) is 5.32 Å². The van der Waals surface area contributed by atoms with E-state index in [1.165, 1.54) is 0 Å². The average Bonchev–Trinajstić information content (AvgIpc) is 2.52. The SMILES string of the molecule is CC(=O)NCC1CCC(COc2ccc(C=O)cc2)CC1. The van der Waals surface area contributed by atoms with Gasteiger partial charge in [-0.15, -0.1) is 0 Å². The number of hydrogen-bond acceptors (Lipinski definition) is 3. The van der Waals surface area contributed by atoms with Crippen LogP contribution in [0.3, 0.4) is 0 Å². The van der Waals surface area contributed by atoms with Crippen molar-refractivity contribution in [2.45, 2.75) is 32.6 Å². The minimum Gasteiger partial charge on any atom is -0.493 e. The summed E-state index contributed by atoms with van der Waals surface area (Å²) in [4.78, 5) is 21.5. The van der Waals surface area contributed by atoms with Crippen LogP contribution in [0.1, 0.15) is 43.0 Å². The van der Waals surface area contributed by atoms with E-state index in [-0.39, 0.29) is 5.91 Å².